The van der Waals surface area contributed by atoms with Crippen LogP contribution in [0.5, 0.6) is 0 Å². The number of fused-ring (bicyclic) bond motifs is 1. The average molecular weight is 378 g/mol. The Morgan fingerprint density at radius 1 is 1.15 bits per heavy atom. The normalized spacial score (nSPS) is 14.3. The van der Waals surface area contributed by atoms with Crippen LogP contribution in [0, 0.1) is 0 Å². The third-order valence-electron chi connectivity index (χ3n) is 4.26. The van der Waals surface area contributed by atoms with E-state index in [9.17, 15) is 13.2 Å². The fourth-order valence-corrected chi connectivity index (χ4v) is 3.44. The highest BCUT2D eigenvalue weighted by Crippen LogP contribution is 2.15. The second kappa shape index (κ2) is 7.83. The Morgan fingerprint density at radius 3 is 2.65 bits per heavy atom. The van der Waals surface area contributed by atoms with Crippen molar-refractivity contribution in [1.82, 2.24) is 20.1 Å². The molecule has 0 aliphatic carbocycles. The highest BCUT2D eigenvalue weighted by atomic mass is 32.2. The second-order valence-corrected chi connectivity index (χ2v) is 7.76. The van der Waals surface area contributed by atoms with Crippen molar-refractivity contribution < 1.29 is 13.2 Å². The van der Waals surface area contributed by atoms with E-state index in [2.05, 4.69) is 25.4 Å². The Labute approximate surface area is 152 Å². The van der Waals surface area contributed by atoms with E-state index >= 15 is 0 Å². The third-order valence-corrected chi connectivity index (χ3v) is 5.19. The molecule has 2 amide bonds. The van der Waals surface area contributed by atoms with Gasteiger partial charge in [0.05, 0.1) is 4.90 Å². The highest BCUT2D eigenvalue weighted by molar-refractivity contribution is 7.89. The maximum absolute atomic E-state index is 12.0. The Hall–Kier alpha value is -2.46. The molecule has 1 aromatic carbocycles. The number of amides is 2. The summed E-state index contributed by atoms with van der Waals surface area (Å²) in [7, 11) is -3.74. The van der Waals surface area contributed by atoms with Gasteiger partial charge in [0.15, 0.2) is 0 Å². The number of rotatable bonds is 5. The lowest BCUT2D eigenvalue weighted by Gasteiger charge is -2.09. The summed E-state index contributed by atoms with van der Waals surface area (Å²) in [5, 5.41) is 18.9. The molecule has 0 radical (unpaired) electrons. The quantitative estimate of drug-likeness (QED) is 0.714. The molecule has 0 fully saturated rings. The van der Waals surface area contributed by atoms with Gasteiger partial charge in [0.2, 0.25) is 10.0 Å². The van der Waals surface area contributed by atoms with Crippen molar-refractivity contribution in [3.05, 3.63) is 35.9 Å². The zero-order chi connectivity index (χ0) is 18.6. The zero-order valence-corrected chi connectivity index (χ0v) is 15.1. The molecular formula is C16H22N6O3S. The van der Waals surface area contributed by atoms with E-state index in [0.717, 1.165) is 37.5 Å². The van der Waals surface area contributed by atoms with E-state index in [1.165, 1.54) is 30.7 Å². The molecule has 1 aliphatic heterocycles. The summed E-state index contributed by atoms with van der Waals surface area (Å²) >= 11 is 0. The molecule has 140 valence electrons. The molecule has 2 heterocycles. The van der Waals surface area contributed by atoms with Crippen molar-refractivity contribution in [1.29, 1.82) is 0 Å². The summed E-state index contributed by atoms with van der Waals surface area (Å²) in [6.07, 6.45) is 5.03. The number of nitrogens with zero attached hydrogens (tertiary/aromatic N) is 3. The number of nitrogens with one attached hydrogen (secondary N) is 2. The number of urea groups is 1. The van der Waals surface area contributed by atoms with Gasteiger partial charge in [-0.25, -0.2) is 18.4 Å². The van der Waals surface area contributed by atoms with Crippen LogP contribution in [0.2, 0.25) is 0 Å². The number of hydrogen-bond acceptors (Lipinski definition) is 5. The molecule has 0 atom stereocenters. The monoisotopic (exact) mass is 378 g/mol. The van der Waals surface area contributed by atoms with E-state index in [1.807, 2.05) is 0 Å². The molecule has 10 heteroatoms. The first-order valence-electron chi connectivity index (χ1n) is 8.52. The minimum absolute atomic E-state index is 0.00374. The number of anilines is 1. The predicted molar refractivity (Wildman–Crippen MR) is 96.1 cm³/mol. The largest absolute Gasteiger partial charge is 0.337 e. The fraction of sp³-hybridized carbons (Fsp3) is 0.438. The van der Waals surface area contributed by atoms with Crippen molar-refractivity contribution in [2.75, 3.05) is 11.9 Å². The third kappa shape index (κ3) is 4.58. The Kier molecular flexibility index (Phi) is 5.52. The topological polar surface area (TPSA) is 132 Å². The van der Waals surface area contributed by atoms with Crippen LogP contribution in [0.3, 0.4) is 0 Å². The standard InChI is InChI=1S/C16H22N6O3S/c17-26(24,25)13-7-5-12(6-8-13)19-16(23)18-10-9-15-21-20-14-4-2-1-3-11-22(14)15/h5-8H,1-4,9-11H2,(H2,17,24,25)(H2,18,19,23). The smallest absolute Gasteiger partial charge is 0.319 e. The highest BCUT2D eigenvalue weighted by Gasteiger charge is 2.14. The molecule has 0 spiro atoms. The van der Waals surface area contributed by atoms with Gasteiger partial charge in [-0.2, -0.15) is 0 Å². The van der Waals surface area contributed by atoms with E-state index in [1.54, 1.807) is 0 Å². The van der Waals surface area contributed by atoms with Gasteiger partial charge in [0.25, 0.3) is 0 Å². The number of nitrogens with two attached hydrogens (primary N) is 1. The van der Waals surface area contributed by atoms with Crippen LogP contribution in [0.15, 0.2) is 29.2 Å². The van der Waals surface area contributed by atoms with Gasteiger partial charge in [-0.1, -0.05) is 6.42 Å². The lowest BCUT2D eigenvalue weighted by molar-refractivity contribution is 0.252. The van der Waals surface area contributed by atoms with Crippen LogP contribution in [-0.2, 0) is 29.4 Å². The first-order valence-corrected chi connectivity index (χ1v) is 10.1. The maximum atomic E-state index is 12.0. The van der Waals surface area contributed by atoms with Crippen molar-refractivity contribution in [3.8, 4) is 0 Å². The number of carbonyl (C=O) groups excluding carboxylic acids is 1. The van der Waals surface area contributed by atoms with E-state index in [4.69, 9.17) is 5.14 Å². The van der Waals surface area contributed by atoms with Crippen LogP contribution in [-0.4, -0.2) is 35.8 Å². The van der Waals surface area contributed by atoms with Gasteiger partial charge in [-0.05, 0) is 37.1 Å². The molecule has 0 saturated heterocycles. The van der Waals surface area contributed by atoms with Gasteiger partial charge in [0, 0.05) is 31.6 Å². The Morgan fingerprint density at radius 2 is 1.92 bits per heavy atom. The Bertz CT molecular complexity index is 876. The molecule has 0 unspecified atom stereocenters. The number of primary sulfonamides is 1. The number of hydrogen-bond donors (Lipinski definition) is 3. The number of aryl methyl sites for hydroxylation is 1. The second-order valence-electron chi connectivity index (χ2n) is 6.20. The minimum Gasteiger partial charge on any atom is -0.337 e. The summed E-state index contributed by atoms with van der Waals surface area (Å²) in [5.41, 5.74) is 0.478. The molecule has 0 bridgehead atoms. The molecule has 26 heavy (non-hydrogen) atoms. The zero-order valence-electron chi connectivity index (χ0n) is 14.3. The molecule has 2 aromatic rings. The minimum atomic E-state index is -3.74. The van der Waals surface area contributed by atoms with Gasteiger partial charge in [0.1, 0.15) is 11.6 Å². The molecule has 4 N–H and O–H groups in total. The van der Waals surface area contributed by atoms with Crippen LogP contribution < -0.4 is 15.8 Å². The van der Waals surface area contributed by atoms with Crippen LogP contribution in [0.4, 0.5) is 10.5 Å². The molecule has 1 aliphatic rings. The molecular weight excluding hydrogens is 356 g/mol. The van der Waals surface area contributed by atoms with E-state index in [-0.39, 0.29) is 10.9 Å². The number of aromatic nitrogens is 3. The van der Waals surface area contributed by atoms with E-state index < -0.39 is 10.0 Å². The van der Waals surface area contributed by atoms with Crippen molar-refractivity contribution in [2.24, 2.45) is 5.14 Å². The van der Waals surface area contributed by atoms with Gasteiger partial charge < -0.3 is 15.2 Å². The Balaban J connectivity index is 1.50. The maximum Gasteiger partial charge on any atom is 0.319 e. The van der Waals surface area contributed by atoms with Gasteiger partial charge in [-0.15, -0.1) is 10.2 Å². The summed E-state index contributed by atoms with van der Waals surface area (Å²) < 4.78 is 24.6. The van der Waals surface area contributed by atoms with Gasteiger partial charge in [-0.3, -0.25) is 0 Å². The SMILES string of the molecule is NS(=O)(=O)c1ccc(NC(=O)NCCc2nnc3n2CCCCC3)cc1. The van der Waals surface area contributed by atoms with Crippen molar-refractivity contribution in [2.45, 2.75) is 43.5 Å². The molecule has 0 saturated carbocycles. The number of sulfonamides is 1. The van der Waals surface area contributed by atoms with Gasteiger partial charge >= 0.3 is 6.03 Å². The first-order chi connectivity index (χ1) is 12.4. The number of carbonyl (C=O) groups is 1. The molecule has 9 nitrogen and oxygen atoms in total. The molecule has 1 aromatic heterocycles. The van der Waals surface area contributed by atoms with Crippen LogP contribution >= 0.6 is 0 Å². The lowest BCUT2D eigenvalue weighted by atomic mass is 10.2. The molecule has 3 rings (SSSR count). The van der Waals surface area contributed by atoms with Crippen LogP contribution in [0.1, 0.15) is 30.9 Å². The van der Waals surface area contributed by atoms with E-state index in [0.29, 0.717) is 18.7 Å². The summed E-state index contributed by atoms with van der Waals surface area (Å²) in [6.45, 7) is 1.36. The first kappa shape index (κ1) is 18.3. The average Bonchev–Trinajstić information content (AvgIpc) is 2.82. The number of benzene rings is 1. The summed E-state index contributed by atoms with van der Waals surface area (Å²) in [5.74, 6) is 1.91. The van der Waals surface area contributed by atoms with Crippen molar-refractivity contribution >= 4 is 21.7 Å². The summed E-state index contributed by atoms with van der Waals surface area (Å²) in [4.78, 5) is 12.0. The predicted octanol–water partition coefficient (Wildman–Crippen LogP) is 1.02. The lowest BCUT2D eigenvalue weighted by Crippen LogP contribution is -2.31. The fourth-order valence-electron chi connectivity index (χ4n) is 2.92. The van der Waals surface area contributed by atoms with Crippen LogP contribution in [0.25, 0.3) is 0 Å². The van der Waals surface area contributed by atoms with Crippen molar-refractivity contribution in [3.63, 3.8) is 0 Å². The summed E-state index contributed by atoms with van der Waals surface area (Å²) in [6, 6.07) is 5.28.